The molecule has 1 saturated heterocycles. The summed E-state index contributed by atoms with van der Waals surface area (Å²) in [6.07, 6.45) is 11.7. The summed E-state index contributed by atoms with van der Waals surface area (Å²) in [7, 11) is 0. The Labute approximate surface area is 126 Å². The lowest BCUT2D eigenvalue weighted by atomic mass is 10.2. The van der Waals surface area contributed by atoms with Crippen LogP contribution in [-0.2, 0) is 6.42 Å². The molecule has 0 N–H and O–H groups in total. The molecule has 4 heteroatoms. The van der Waals surface area contributed by atoms with Crippen LogP contribution in [0.25, 0.3) is 11.4 Å². The Kier molecular flexibility index (Phi) is 4.90. The van der Waals surface area contributed by atoms with Crippen LogP contribution in [0.3, 0.4) is 0 Å². The van der Waals surface area contributed by atoms with Crippen LogP contribution in [0, 0.1) is 0 Å². The second-order valence-electron chi connectivity index (χ2n) is 5.61. The van der Waals surface area contributed by atoms with Crippen molar-refractivity contribution in [2.45, 2.75) is 32.1 Å². The Balaban J connectivity index is 1.46. The Morgan fingerprint density at radius 3 is 2.52 bits per heavy atom. The Morgan fingerprint density at radius 2 is 1.81 bits per heavy atom. The molecule has 2 aromatic rings. The number of nitrogens with zero attached hydrogens (tertiary/aromatic N) is 4. The molecule has 0 unspecified atom stereocenters. The summed E-state index contributed by atoms with van der Waals surface area (Å²) in [6, 6.07) is 5.84. The van der Waals surface area contributed by atoms with Crippen molar-refractivity contribution >= 4 is 0 Å². The lowest BCUT2D eigenvalue weighted by molar-refractivity contribution is 0.330. The van der Waals surface area contributed by atoms with E-state index in [0.717, 1.165) is 23.5 Å². The minimum atomic E-state index is 0.844. The third-order valence-corrected chi connectivity index (χ3v) is 3.99. The SMILES string of the molecule is c1ccc(-c2cnc(CCCCN3CCCC3)cn2)nc1. The van der Waals surface area contributed by atoms with E-state index < -0.39 is 0 Å². The highest BCUT2D eigenvalue weighted by molar-refractivity contribution is 5.51. The summed E-state index contributed by atoms with van der Waals surface area (Å²) >= 11 is 0. The highest BCUT2D eigenvalue weighted by Gasteiger charge is 2.10. The second-order valence-corrected chi connectivity index (χ2v) is 5.61. The van der Waals surface area contributed by atoms with Gasteiger partial charge in [0.1, 0.15) is 5.69 Å². The van der Waals surface area contributed by atoms with E-state index in [1.54, 1.807) is 6.20 Å². The molecule has 21 heavy (non-hydrogen) atoms. The summed E-state index contributed by atoms with van der Waals surface area (Å²) in [5.74, 6) is 0. The molecule has 0 saturated carbocycles. The van der Waals surface area contributed by atoms with E-state index in [9.17, 15) is 0 Å². The first-order valence-electron chi connectivity index (χ1n) is 7.86. The van der Waals surface area contributed by atoms with Crippen LogP contribution in [0.5, 0.6) is 0 Å². The van der Waals surface area contributed by atoms with Gasteiger partial charge in [-0.1, -0.05) is 6.07 Å². The van der Waals surface area contributed by atoms with E-state index in [2.05, 4.69) is 19.9 Å². The van der Waals surface area contributed by atoms with Crippen molar-refractivity contribution in [3.63, 3.8) is 0 Å². The number of hydrogen-bond acceptors (Lipinski definition) is 4. The summed E-state index contributed by atoms with van der Waals surface area (Å²) in [5.41, 5.74) is 2.80. The maximum Gasteiger partial charge on any atom is 0.107 e. The van der Waals surface area contributed by atoms with E-state index in [4.69, 9.17) is 0 Å². The molecule has 110 valence electrons. The first kappa shape index (κ1) is 14.1. The molecule has 0 aromatic carbocycles. The van der Waals surface area contributed by atoms with E-state index in [-0.39, 0.29) is 0 Å². The summed E-state index contributed by atoms with van der Waals surface area (Å²) in [5, 5.41) is 0. The third-order valence-electron chi connectivity index (χ3n) is 3.99. The lowest BCUT2D eigenvalue weighted by Crippen LogP contribution is -2.20. The fourth-order valence-corrected chi connectivity index (χ4v) is 2.78. The van der Waals surface area contributed by atoms with Crippen molar-refractivity contribution in [1.29, 1.82) is 0 Å². The molecule has 0 bridgehead atoms. The zero-order valence-electron chi connectivity index (χ0n) is 12.4. The van der Waals surface area contributed by atoms with E-state index in [1.807, 2.05) is 30.6 Å². The maximum absolute atomic E-state index is 4.51. The van der Waals surface area contributed by atoms with Crippen molar-refractivity contribution in [2.75, 3.05) is 19.6 Å². The number of rotatable bonds is 6. The standard InChI is InChI=1S/C17H22N4/c1-3-9-18-16(8-1)17-14-19-15(13-20-17)7-2-4-10-21-11-5-6-12-21/h1,3,8-9,13-14H,2,4-7,10-12H2. The highest BCUT2D eigenvalue weighted by atomic mass is 15.1. The molecule has 2 aromatic heterocycles. The second kappa shape index (κ2) is 7.27. The van der Waals surface area contributed by atoms with Gasteiger partial charge in [0, 0.05) is 12.4 Å². The first-order valence-corrected chi connectivity index (χ1v) is 7.86. The average Bonchev–Trinajstić information content (AvgIpc) is 3.06. The monoisotopic (exact) mass is 282 g/mol. The van der Waals surface area contributed by atoms with Gasteiger partial charge in [-0.3, -0.25) is 15.0 Å². The molecule has 0 aliphatic carbocycles. The zero-order chi connectivity index (χ0) is 14.3. The van der Waals surface area contributed by atoms with Gasteiger partial charge in [-0.25, -0.2) is 0 Å². The van der Waals surface area contributed by atoms with Gasteiger partial charge < -0.3 is 4.90 Å². The van der Waals surface area contributed by atoms with Crippen LogP contribution in [-0.4, -0.2) is 39.5 Å². The van der Waals surface area contributed by atoms with Crippen LogP contribution < -0.4 is 0 Å². The Morgan fingerprint density at radius 1 is 0.905 bits per heavy atom. The number of aryl methyl sites for hydroxylation is 1. The molecule has 3 rings (SSSR count). The third kappa shape index (κ3) is 4.08. The van der Waals surface area contributed by atoms with Gasteiger partial charge in [0.25, 0.3) is 0 Å². The highest BCUT2D eigenvalue weighted by Crippen LogP contribution is 2.13. The molecule has 1 aliphatic heterocycles. The fourth-order valence-electron chi connectivity index (χ4n) is 2.78. The number of aromatic nitrogens is 3. The van der Waals surface area contributed by atoms with Crippen molar-refractivity contribution in [2.24, 2.45) is 0 Å². The van der Waals surface area contributed by atoms with Crippen molar-refractivity contribution in [3.8, 4) is 11.4 Å². The van der Waals surface area contributed by atoms with Crippen LogP contribution in [0.4, 0.5) is 0 Å². The maximum atomic E-state index is 4.51. The van der Waals surface area contributed by atoms with E-state index in [1.165, 1.54) is 45.3 Å². The number of pyridine rings is 1. The molecule has 1 aliphatic rings. The molecule has 0 spiro atoms. The van der Waals surface area contributed by atoms with Gasteiger partial charge in [-0.2, -0.15) is 0 Å². The van der Waals surface area contributed by atoms with Crippen LogP contribution in [0.15, 0.2) is 36.8 Å². The molecule has 1 fully saturated rings. The minimum Gasteiger partial charge on any atom is -0.303 e. The molecule has 0 amide bonds. The van der Waals surface area contributed by atoms with Gasteiger partial charge in [-0.05, 0) is 63.9 Å². The minimum absolute atomic E-state index is 0.844. The smallest absolute Gasteiger partial charge is 0.107 e. The van der Waals surface area contributed by atoms with Gasteiger partial charge in [-0.15, -0.1) is 0 Å². The molecule has 0 atom stereocenters. The number of likely N-dealkylation sites (tertiary alicyclic amines) is 1. The van der Waals surface area contributed by atoms with Gasteiger partial charge >= 0.3 is 0 Å². The molecule has 3 heterocycles. The predicted molar refractivity (Wildman–Crippen MR) is 83.9 cm³/mol. The van der Waals surface area contributed by atoms with Gasteiger partial charge in [0.2, 0.25) is 0 Å². The van der Waals surface area contributed by atoms with Gasteiger partial charge in [0.15, 0.2) is 0 Å². The molecule has 4 nitrogen and oxygen atoms in total. The van der Waals surface area contributed by atoms with Crippen LogP contribution >= 0.6 is 0 Å². The Bertz CT molecular complexity index is 532. The molecular formula is C17H22N4. The van der Waals surface area contributed by atoms with E-state index in [0.29, 0.717) is 0 Å². The van der Waals surface area contributed by atoms with Crippen molar-refractivity contribution in [3.05, 3.63) is 42.5 Å². The van der Waals surface area contributed by atoms with Crippen LogP contribution in [0.1, 0.15) is 31.4 Å². The molecule has 0 radical (unpaired) electrons. The molecular weight excluding hydrogens is 260 g/mol. The van der Waals surface area contributed by atoms with Crippen molar-refractivity contribution in [1.82, 2.24) is 19.9 Å². The summed E-state index contributed by atoms with van der Waals surface area (Å²) < 4.78 is 0. The summed E-state index contributed by atoms with van der Waals surface area (Å²) in [4.78, 5) is 15.8. The normalized spacial score (nSPS) is 15.4. The number of hydrogen-bond donors (Lipinski definition) is 0. The topological polar surface area (TPSA) is 41.9 Å². The quantitative estimate of drug-likeness (QED) is 0.764. The van der Waals surface area contributed by atoms with Crippen molar-refractivity contribution < 1.29 is 0 Å². The zero-order valence-corrected chi connectivity index (χ0v) is 12.4. The first-order chi connectivity index (χ1) is 10.4. The van der Waals surface area contributed by atoms with E-state index >= 15 is 0 Å². The fraction of sp³-hybridized carbons (Fsp3) is 0.471. The van der Waals surface area contributed by atoms with Gasteiger partial charge in [0.05, 0.1) is 17.6 Å². The largest absolute Gasteiger partial charge is 0.303 e. The Hall–Kier alpha value is -1.81. The lowest BCUT2D eigenvalue weighted by Gasteiger charge is -2.13. The average molecular weight is 282 g/mol. The predicted octanol–water partition coefficient (Wildman–Crippen LogP) is 2.96. The van der Waals surface area contributed by atoms with Crippen LogP contribution in [0.2, 0.25) is 0 Å². The summed E-state index contributed by atoms with van der Waals surface area (Å²) in [6.45, 7) is 3.82. The number of unbranched alkanes of at least 4 members (excludes halogenated alkanes) is 1.